The van der Waals surface area contributed by atoms with Crippen LogP contribution in [0.3, 0.4) is 0 Å². The third-order valence-electron chi connectivity index (χ3n) is 6.27. The number of aliphatic hydroxyl groups excluding tert-OH is 1. The molecule has 3 rings (SSSR count). The second-order valence-electron chi connectivity index (χ2n) is 8.64. The molecule has 0 saturated heterocycles. The first-order valence-corrected chi connectivity index (χ1v) is 8.59. The largest absolute Gasteiger partial charge is 0.396 e. The lowest BCUT2D eigenvalue weighted by molar-refractivity contribution is -0.132. The maximum absolute atomic E-state index is 12.4. The molecule has 1 saturated carbocycles. The van der Waals surface area contributed by atoms with Crippen molar-refractivity contribution < 1.29 is 15.0 Å². The van der Waals surface area contributed by atoms with Crippen molar-refractivity contribution in [2.75, 3.05) is 6.61 Å². The van der Waals surface area contributed by atoms with E-state index >= 15 is 0 Å². The van der Waals surface area contributed by atoms with Crippen LogP contribution < -0.4 is 0 Å². The molecular weight excluding hydrogens is 288 g/mol. The van der Waals surface area contributed by atoms with E-state index in [0.717, 1.165) is 18.4 Å². The zero-order valence-electron chi connectivity index (χ0n) is 14.6. The lowest BCUT2D eigenvalue weighted by Gasteiger charge is -2.54. The van der Waals surface area contributed by atoms with Crippen LogP contribution in [0.1, 0.15) is 63.6 Å². The summed E-state index contributed by atoms with van der Waals surface area (Å²) in [6, 6.07) is 6.19. The molecule has 0 bridgehead atoms. The minimum absolute atomic E-state index is 0.0656. The van der Waals surface area contributed by atoms with Crippen molar-refractivity contribution in [2.45, 2.75) is 64.4 Å². The molecule has 126 valence electrons. The number of fused-ring (bicyclic) bond motifs is 3. The average Bonchev–Trinajstić information content (AvgIpc) is 2.44. The molecule has 0 spiro atoms. The van der Waals surface area contributed by atoms with Gasteiger partial charge >= 0.3 is 0 Å². The predicted molar refractivity (Wildman–Crippen MR) is 90.3 cm³/mol. The Hall–Kier alpha value is -1.19. The number of Topliss-reactive ketones (excluding diaryl/α,β-unsaturated/α-hetero) is 1. The second-order valence-corrected chi connectivity index (χ2v) is 8.64. The molecule has 1 aromatic carbocycles. The first-order valence-electron chi connectivity index (χ1n) is 8.59. The van der Waals surface area contributed by atoms with E-state index < -0.39 is 5.60 Å². The number of rotatable bonds is 2. The molecule has 1 aromatic rings. The van der Waals surface area contributed by atoms with Gasteiger partial charge in [-0.25, -0.2) is 0 Å². The summed E-state index contributed by atoms with van der Waals surface area (Å²) in [4.78, 5) is 12.4. The van der Waals surface area contributed by atoms with Crippen LogP contribution in [0.5, 0.6) is 0 Å². The van der Waals surface area contributed by atoms with E-state index in [1.54, 1.807) is 13.8 Å². The van der Waals surface area contributed by atoms with Gasteiger partial charge in [-0.2, -0.15) is 0 Å². The summed E-state index contributed by atoms with van der Waals surface area (Å²) in [6.45, 7) is 7.91. The lowest BCUT2D eigenvalue weighted by Crippen LogP contribution is -2.53. The van der Waals surface area contributed by atoms with Crippen LogP contribution in [0.15, 0.2) is 18.2 Å². The lowest BCUT2D eigenvalue weighted by atomic mass is 9.49. The molecule has 0 amide bonds. The maximum atomic E-state index is 12.4. The number of ketones is 1. The van der Waals surface area contributed by atoms with Gasteiger partial charge in [0.15, 0.2) is 0 Å². The molecule has 2 N–H and O–H groups in total. The van der Waals surface area contributed by atoms with E-state index in [2.05, 4.69) is 26.0 Å². The molecule has 23 heavy (non-hydrogen) atoms. The molecule has 2 aliphatic carbocycles. The van der Waals surface area contributed by atoms with E-state index in [0.29, 0.717) is 18.8 Å². The first kappa shape index (κ1) is 16.7. The highest BCUT2D eigenvalue weighted by atomic mass is 16.3. The Morgan fingerprint density at radius 3 is 2.57 bits per heavy atom. The smallest absolute Gasteiger partial charge is 0.134 e. The van der Waals surface area contributed by atoms with Crippen molar-refractivity contribution in [2.24, 2.45) is 11.3 Å². The van der Waals surface area contributed by atoms with Crippen LogP contribution in [0, 0.1) is 11.3 Å². The highest BCUT2D eigenvalue weighted by Crippen LogP contribution is 2.56. The number of aryl methyl sites for hydroxylation is 1. The van der Waals surface area contributed by atoms with Gasteiger partial charge in [0.25, 0.3) is 0 Å². The van der Waals surface area contributed by atoms with Gasteiger partial charge in [0, 0.05) is 30.3 Å². The number of hydrogen-bond acceptors (Lipinski definition) is 3. The number of carbonyl (C=O) groups is 1. The number of hydrogen-bond donors (Lipinski definition) is 2. The summed E-state index contributed by atoms with van der Waals surface area (Å²) in [7, 11) is 0. The molecule has 0 aromatic heterocycles. The monoisotopic (exact) mass is 316 g/mol. The van der Waals surface area contributed by atoms with Crippen LogP contribution in [0.4, 0.5) is 0 Å². The minimum Gasteiger partial charge on any atom is -0.396 e. The average molecular weight is 316 g/mol. The van der Waals surface area contributed by atoms with Gasteiger partial charge in [-0.1, -0.05) is 32.0 Å². The Bertz CT molecular complexity index is 643. The molecule has 0 unspecified atom stereocenters. The van der Waals surface area contributed by atoms with Crippen LogP contribution in [-0.4, -0.2) is 22.6 Å². The van der Waals surface area contributed by atoms with Gasteiger partial charge < -0.3 is 10.2 Å². The number of benzene rings is 1. The Kier molecular flexibility index (Phi) is 3.73. The summed E-state index contributed by atoms with van der Waals surface area (Å²) in [5.74, 6) is 0.568. The number of carbonyl (C=O) groups excluding carboxylic acids is 1. The van der Waals surface area contributed by atoms with E-state index in [9.17, 15) is 15.0 Å². The molecule has 3 nitrogen and oxygen atoms in total. The topological polar surface area (TPSA) is 57.5 Å². The normalized spacial score (nSPS) is 34.0. The van der Waals surface area contributed by atoms with Gasteiger partial charge in [0.1, 0.15) is 5.78 Å². The predicted octanol–water partition coefficient (Wildman–Crippen LogP) is 3.10. The summed E-state index contributed by atoms with van der Waals surface area (Å²) < 4.78 is 0. The summed E-state index contributed by atoms with van der Waals surface area (Å²) in [5.41, 5.74) is 2.02. The molecule has 3 atom stereocenters. The quantitative estimate of drug-likeness (QED) is 0.881. The van der Waals surface area contributed by atoms with Gasteiger partial charge in [-0.15, -0.1) is 0 Å². The van der Waals surface area contributed by atoms with E-state index in [1.165, 1.54) is 11.1 Å². The highest BCUT2D eigenvalue weighted by molar-refractivity contribution is 5.82. The van der Waals surface area contributed by atoms with Crippen molar-refractivity contribution in [1.29, 1.82) is 0 Å². The molecule has 0 radical (unpaired) electrons. The van der Waals surface area contributed by atoms with E-state index in [-0.39, 0.29) is 23.2 Å². The fraction of sp³-hybridized carbons (Fsp3) is 0.650. The fourth-order valence-electron chi connectivity index (χ4n) is 5.09. The van der Waals surface area contributed by atoms with Gasteiger partial charge in [0.05, 0.1) is 5.60 Å². The van der Waals surface area contributed by atoms with Crippen LogP contribution in [0.25, 0.3) is 0 Å². The van der Waals surface area contributed by atoms with Crippen molar-refractivity contribution in [3.63, 3.8) is 0 Å². The van der Waals surface area contributed by atoms with Crippen LogP contribution in [0.2, 0.25) is 0 Å². The Morgan fingerprint density at radius 2 is 1.96 bits per heavy atom. The zero-order chi connectivity index (χ0) is 17.0. The first-order chi connectivity index (χ1) is 10.6. The van der Waals surface area contributed by atoms with Crippen molar-refractivity contribution in [3.05, 3.63) is 34.9 Å². The minimum atomic E-state index is -0.852. The van der Waals surface area contributed by atoms with Crippen LogP contribution in [-0.2, 0) is 22.2 Å². The number of aliphatic hydroxyl groups is 2. The second kappa shape index (κ2) is 5.15. The summed E-state index contributed by atoms with van der Waals surface area (Å²) in [5, 5.41) is 20.2. The van der Waals surface area contributed by atoms with E-state index in [1.807, 2.05) is 6.07 Å². The third-order valence-corrected chi connectivity index (χ3v) is 6.27. The van der Waals surface area contributed by atoms with Crippen molar-refractivity contribution >= 4 is 5.78 Å². The zero-order valence-corrected chi connectivity index (χ0v) is 14.6. The summed E-state index contributed by atoms with van der Waals surface area (Å²) >= 11 is 0. The Labute approximate surface area is 138 Å². The van der Waals surface area contributed by atoms with E-state index in [4.69, 9.17) is 0 Å². The fourth-order valence-corrected chi connectivity index (χ4v) is 5.09. The third kappa shape index (κ3) is 2.54. The molecule has 2 aliphatic rings. The Balaban J connectivity index is 2.10. The Morgan fingerprint density at radius 1 is 1.26 bits per heavy atom. The van der Waals surface area contributed by atoms with Crippen LogP contribution >= 0.6 is 0 Å². The van der Waals surface area contributed by atoms with Crippen molar-refractivity contribution in [3.8, 4) is 0 Å². The molecule has 0 heterocycles. The molecule has 3 heteroatoms. The van der Waals surface area contributed by atoms with Gasteiger partial charge in [-0.05, 0) is 49.3 Å². The molecule has 1 fully saturated rings. The van der Waals surface area contributed by atoms with Crippen molar-refractivity contribution in [1.82, 2.24) is 0 Å². The summed E-state index contributed by atoms with van der Waals surface area (Å²) in [6.07, 6.45) is 2.98. The van der Waals surface area contributed by atoms with Gasteiger partial charge in [0.2, 0.25) is 0 Å². The van der Waals surface area contributed by atoms with Gasteiger partial charge in [-0.3, -0.25) is 4.79 Å². The molecular formula is C20H28O3. The highest BCUT2D eigenvalue weighted by Gasteiger charge is 2.54. The standard InChI is InChI=1S/C20H28O3/c1-18(2,23)14-6-7-16-13(9-14)5-8-17-19(3,12-21)10-15(22)11-20(16,17)4/h6-7,9,17,21,23H,5,8,10-12H2,1-4H3/t17-,19-,20+/m0/s1. The molecule has 0 aliphatic heterocycles. The maximum Gasteiger partial charge on any atom is 0.134 e. The SMILES string of the molecule is CC(C)(O)c1ccc2c(c1)CC[C@H]1[C@](C)(CO)CC(=O)C[C@]21C.